The van der Waals surface area contributed by atoms with E-state index in [2.05, 4.69) is 15.9 Å². The minimum Gasteiger partial charge on any atom is -0.456 e. The molecule has 0 aromatic heterocycles. The largest absolute Gasteiger partial charge is 0.471 e. The van der Waals surface area contributed by atoms with Crippen LogP contribution in [-0.4, -0.2) is 43.4 Å². The predicted octanol–water partition coefficient (Wildman–Crippen LogP) is 4.33. The van der Waals surface area contributed by atoms with Gasteiger partial charge in [0.25, 0.3) is 0 Å². The minimum atomic E-state index is -5.12. The Balaban J connectivity index is 3.52. The summed E-state index contributed by atoms with van der Waals surface area (Å²) in [7, 11) is 1.31. The third kappa shape index (κ3) is 5.98. The quantitative estimate of drug-likeness (QED) is 0.640. The van der Waals surface area contributed by atoms with Gasteiger partial charge in [-0.3, -0.25) is 9.69 Å². The van der Waals surface area contributed by atoms with Gasteiger partial charge in [-0.1, -0.05) is 15.9 Å². The number of halogens is 4. The van der Waals surface area contributed by atoms with Crippen molar-refractivity contribution in [3.05, 3.63) is 28.2 Å². The molecule has 1 atom stereocenters. The molecule has 0 unspecified atom stereocenters. The fourth-order valence-corrected chi connectivity index (χ4v) is 2.56. The lowest BCUT2D eigenvalue weighted by atomic mass is 10.1. The molecule has 0 aliphatic heterocycles. The van der Waals surface area contributed by atoms with Crippen LogP contribution in [0.25, 0.3) is 0 Å². The van der Waals surface area contributed by atoms with Gasteiger partial charge in [0.1, 0.15) is 5.60 Å². The van der Waals surface area contributed by atoms with Crippen LogP contribution in [0.3, 0.4) is 0 Å². The maximum atomic E-state index is 13.1. The van der Waals surface area contributed by atoms with Gasteiger partial charge in [-0.2, -0.15) is 13.2 Å². The van der Waals surface area contributed by atoms with E-state index >= 15 is 0 Å². The van der Waals surface area contributed by atoms with Crippen LogP contribution in [0, 0.1) is 0 Å². The van der Waals surface area contributed by atoms with Gasteiger partial charge in [0, 0.05) is 11.6 Å². The van der Waals surface area contributed by atoms with E-state index in [0.717, 1.165) is 0 Å². The van der Waals surface area contributed by atoms with Crippen LogP contribution in [-0.2, 0) is 14.3 Å². The number of carbonyl (C=O) groups excluding carboxylic acids is 2. The summed E-state index contributed by atoms with van der Waals surface area (Å²) in [5.41, 5.74) is -1.21. The molecule has 0 radical (unpaired) electrons. The maximum Gasteiger partial charge on any atom is 0.471 e. The Kier molecular flexibility index (Phi) is 7.24. The number of alkyl halides is 3. The zero-order chi connectivity index (χ0) is 20.3. The number of rotatable bonds is 5. The molecule has 0 heterocycles. The average Bonchev–Trinajstić information content (AvgIpc) is 2.44. The molecule has 146 valence electrons. The monoisotopic (exact) mass is 439 g/mol. The van der Waals surface area contributed by atoms with Gasteiger partial charge < -0.3 is 9.47 Å². The van der Waals surface area contributed by atoms with Crippen LogP contribution >= 0.6 is 15.9 Å². The van der Waals surface area contributed by atoms with Gasteiger partial charge >= 0.3 is 18.1 Å². The van der Waals surface area contributed by atoms with E-state index in [-0.39, 0.29) is 17.9 Å². The van der Waals surface area contributed by atoms with Gasteiger partial charge in [0.05, 0.1) is 23.9 Å². The van der Waals surface area contributed by atoms with Crippen molar-refractivity contribution in [2.75, 3.05) is 18.6 Å². The molecule has 0 fully saturated rings. The van der Waals surface area contributed by atoms with E-state index in [4.69, 9.17) is 9.47 Å². The molecule has 1 rings (SSSR count). The lowest BCUT2D eigenvalue weighted by Gasteiger charge is -2.31. The van der Waals surface area contributed by atoms with Crippen molar-refractivity contribution in [2.45, 2.75) is 45.5 Å². The van der Waals surface area contributed by atoms with Crippen LogP contribution in [0.1, 0.15) is 38.1 Å². The Morgan fingerprint density at radius 3 is 2.27 bits per heavy atom. The normalized spacial score (nSPS) is 13.3. The molecule has 5 nitrogen and oxygen atoms in total. The number of esters is 1. The molecule has 0 spiro atoms. The van der Waals surface area contributed by atoms with E-state index in [1.165, 1.54) is 32.2 Å². The molecule has 9 heteroatoms. The lowest BCUT2D eigenvalue weighted by molar-refractivity contribution is -0.171. The van der Waals surface area contributed by atoms with Gasteiger partial charge in [-0.25, -0.2) is 4.79 Å². The van der Waals surface area contributed by atoms with Crippen molar-refractivity contribution in [3.8, 4) is 0 Å². The zero-order valence-corrected chi connectivity index (χ0v) is 16.7. The maximum absolute atomic E-state index is 13.1. The zero-order valence-electron chi connectivity index (χ0n) is 15.1. The second kappa shape index (κ2) is 8.39. The fraction of sp³-hybridized carbons (Fsp3) is 0.529. The molecule has 0 saturated heterocycles. The van der Waals surface area contributed by atoms with E-state index in [1.54, 1.807) is 20.8 Å². The molecule has 26 heavy (non-hydrogen) atoms. The first-order valence-electron chi connectivity index (χ1n) is 7.70. The van der Waals surface area contributed by atoms with E-state index in [9.17, 15) is 22.8 Å². The molecular weight excluding hydrogens is 419 g/mol. The van der Waals surface area contributed by atoms with Crippen molar-refractivity contribution in [1.82, 2.24) is 0 Å². The van der Waals surface area contributed by atoms with Crippen LogP contribution in [0.5, 0.6) is 0 Å². The average molecular weight is 440 g/mol. The first-order valence-corrected chi connectivity index (χ1v) is 8.49. The minimum absolute atomic E-state index is 0.149. The highest BCUT2D eigenvalue weighted by molar-refractivity contribution is 9.10. The third-order valence-electron chi connectivity index (χ3n) is 3.15. The predicted molar refractivity (Wildman–Crippen MR) is 94.2 cm³/mol. The van der Waals surface area contributed by atoms with Gasteiger partial charge in [0.2, 0.25) is 0 Å². The molecule has 1 aromatic carbocycles. The Morgan fingerprint density at radius 2 is 1.81 bits per heavy atom. The Hall–Kier alpha value is -1.61. The molecule has 1 amide bonds. The van der Waals surface area contributed by atoms with Crippen LogP contribution < -0.4 is 4.90 Å². The number of anilines is 1. The summed E-state index contributed by atoms with van der Waals surface area (Å²) in [5, 5.41) is 0. The summed E-state index contributed by atoms with van der Waals surface area (Å²) in [4.78, 5) is 25.0. The standard InChI is InChI=1S/C17H21BrF3NO4/c1-10(9-25-5)22(15(24)17(19,20)21)13-8-11(18)6-7-12(13)14(23)26-16(2,3)4/h6-8,10H,9H2,1-5H3/t10-/m1/s1. The molecule has 1 aromatic rings. The SMILES string of the molecule is COC[C@@H](C)N(C(=O)C(F)(F)F)c1cc(Br)ccc1C(=O)OC(C)(C)C. The number of hydrogen-bond donors (Lipinski definition) is 0. The van der Waals surface area contributed by atoms with Crippen molar-refractivity contribution in [2.24, 2.45) is 0 Å². The first-order chi connectivity index (χ1) is 11.8. The summed E-state index contributed by atoms with van der Waals surface area (Å²) < 4.78 is 49.9. The first kappa shape index (κ1) is 22.4. The van der Waals surface area contributed by atoms with Crippen molar-refractivity contribution in [3.63, 3.8) is 0 Å². The van der Waals surface area contributed by atoms with E-state index in [1.807, 2.05) is 0 Å². The second-order valence-corrected chi connectivity index (χ2v) is 7.56. The summed E-state index contributed by atoms with van der Waals surface area (Å²) in [6.45, 7) is 6.15. The van der Waals surface area contributed by atoms with Crippen LogP contribution in [0.2, 0.25) is 0 Å². The topological polar surface area (TPSA) is 55.8 Å². The number of hydrogen-bond acceptors (Lipinski definition) is 4. The van der Waals surface area contributed by atoms with Crippen molar-refractivity contribution >= 4 is 33.5 Å². The Bertz CT molecular complexity index is 671. The van der Waals surface area contributed by atoms with E-state index in [0.29, 0.717) is 9.37 Å². The molecule has 0 aliphatic carbocycles. The molecule has 0 saturated carbocycles. The molecule has 0 aliphatic rings. The smallest absolute Gasteiger partial charge is 0.456 e. The van der Waals surface area contributed by atoms with Gasteiger partial charge in [0.15, 0.2) is 0 Å². The highest BCUT2D eigenvalue weighted by atomic mass is 79.9. The van der Waals surface area contributed by atoms with Crippen LogP contribution in [0.4, 0.5) is 18.9 Å². The van der Waals surface area contributed by atoms with Crippen LogP contribution in [0.15, 0.2) is 22.7 Å². The number of ether oxygens (including phenoxy) is 2. The highest BCUT2D eigenvalue weighted by Gasteiger charge is 2.45. The molecule has 0 bridgehead atoms. The number of benzene rings is 1. The second-order valence-electron chi connectivity index (χ2n) is 6.64. The van der Waals surface area contributed by atoms with Crippen molar-refractivity contribution in [1.29, 1.82) is 0 Å². The number of carbonyl (C=O) groups is 2. The molecular formula is C17H21BrF3NO4. The van der Waals surface area contributed by atoms with E-state index < -0.39 is 29.7 Å². The summed E-state index contributed by atoms with van der Waals surface area (Å²) >= 11 is 3.16. The molecule has 0 N–H and O–H groups in total. The number of amides is 1. The highest BCUT2D eigenvalue weighted by Crippen LogP contribution is 2.32. The summed E-state index contributed by atoms with van der Waals surface area (Å²) in [6.07, 6.45) is -5.12. The fourth-order valence-electron chi connectivity index (χ4n) is 2.21. The summed E-state index contributed by atoms with van der Waals surface area (Å²) in [6, 6.07) is 3.10. The number of nitrogens with zero attached hydrogens (tertiary/aromatic N) is 1. The third-order valence-corrected chi connectivity index (χ3v) is 3.64. The van der Waals surface area contributed by atoms with Gasteiger partial charge in [-0.05, 0) is 45.9 Å². The Labute approximate surface area is 158 Å². The summed E-state index contributed by atoms with van der Waals surface area (Å²) in [5.74, 6) is -2.92. The number of methoxy groups -OCH3 is 1. The lowest BCUT2D eigenvalue weighted by Crippen LogP contribution is -2.48. The van der Waals surface area contributed by atoms with Crippen molar-refractivity contribution < 1.29 is 32.2 Å². The Morgan fingerprint density at radius 1 is 1.23 bits per heavy atom. The van der Waals surface area contributed by atoms with Gasteiger partial charge in [-0.15, -0.1) is 0 Å².